The monoisotopic (exact) mass is 488 g/mol. The maximum atomic E-state index is 8.89. The van der Waals surface area contributed by atoms with E-state index in [2.05, 4.69) is 0 Å². The number of hydrogen-bond donors (Lipinski definition) is 3. The third kappa shape index (κ3) is 27500. The van der Waals surface area contributed by atoms with Crippen LogP contribution in [-0.2, 0) is 53.3 Å². The van der Waals surface area contributed by atoms with Crippen molar-refractivity contribution in [3.8, 4) is 0 Å². The molecule has 0 spiro atoms. The number of nitrogens with two attached hydrogens (primary N) is 5. The Bertz CT molecular complexity index is 224. The SMILES string of the molecule is CC(=O)[O-].CC(=O)[O-].CC(=O)[O-].CC(=O)[O-].NCCCN.[Fe+3].[Fe+3].[NH2-].[NH2-].[NH2-].[NH4+]. The number of aliphatic carboxylic acids is 4. The molecule has 0 rings (SSSR count). The molecule has 0 aliphatic rings. The first-order valence-corrected chi connectivity index (χ1v) is 5.45. The minimum absolute atomic E-state index is 0. The summed E-state index contributed by atoms with van der Waals surface area (Å²) in [5.41, 5.74) is 10.1. The summed E-state index contributed by atoms with van der Waals surface area (Å²) in [6, 6.07) is 0. The Hall–Kier alpha value is -1.32. The van der Waals surface area contributed by atoms with Crippen LogP contribution in [0.5, 0.6) is 0 Å². The van der Waals surface area contributed by atoms with Gasteiger partial charge in [0.1, 0.15) is 0 Å². The summed E-state index contributed by atoms with van der Waals surface area (Å²) in [6.45, 7) is 5.33. The molecule has 0 unspecified atom stereocenters. The van der Waals surface area contributed by atoms with Crippen LogP contribution in [0.25, 0.3) is 18.5 Å². The molecule has 0 atom stereocenters. The average molecular weight is 488 g/mol. The van der Waals surface area contributed by atoms with Gasteiger partial charge in [-0.3, -0.25) is 0 Å². The first-order valence-electron chi connectivity index (χ1n) is 5.45. The van der Waals surface area contributed by atoms with Crippen LogP contribution in [0.3, 0.4) is 0 Å². The molecule has 0 fully saturated rings. The van der Waals surface area contributed by atoms with E-state index in [1.54, 1.807) is 0 Å². The Kier molecular flexibility index (Phi) is 199. The summed E-state index contributed by atoms with van der Waals surface area (Å²) in [6.07, 6.45) is 0.944. The predicted octanol–water partition coefficient (Wildman–Crippen LogP) is -3.16. The molecule has 0 aromatic heterocycles. The van der Waals surface area contributed by atoms with Crippen molar-refractivity contribution in [3.05, 3.63) is 18.5 Å². The molecule has 0 aromatic carbocycles. The maximum absolute atomic E-state index is 8.89. The molecule has 0 aromatic rings. The molecule has 16 heteroatoms. The number of carbonyl (C=O) groups excluding carboxylic acids is 4. The molecule has 14 N–H and O–H groups in total. The summed E-state index contributed by atoms with van der Waals surface area (Å²) in [5.74, 6) is -4.33. The first kappa shape index (κ1) is 72.6. The fraction of sp³-hybridized carbons (Fsp3) is 0.636. The Morgan fingerprint density at radius 2 is 0.667 bits per heavy atom. The summed E-state index contributed by atoms with van der Waals surface area (Å²) in [5, 5.41) is 35.6. The van der Waals surface area contributed by atoms with Gasteiger partial charge in [0, 0.05) is 23.9 Å². The van der Waals surface area contributed by atoms with Crippen LogP contribution in [0.2, 0.25) is 0 Å². The second kappa shape index (κ2) is 74.0. The smallest absolute Gasteiger partial charge is 0.693 e. The van der Waals surface area contributed by atoms with Gasteiger partial charge in [0.05, 0.1) is 0 Å². The zero-order valence-electron chi connectivity index (χ0n) is 16.0. The van der Waals surface area contributed by atoms with Crippen molar-refractivity contribution >= 4 is 23.9 Å². The van der Waals surface area contributed by atoms with Gasteiger partial charge in [-0.2, -0.15) is 0 Å². The largest absolute Gasteiger partial charge is 3.00 e. The van der Waals surface area contributed by atoms with Crippen molar-refractivity contribution in [2.24, 2.45) is 11.5 Å². The van der Waals surface area contributed by atoms with Gasteiger partial charge in [-0.05, 0) is 47.2 Å². The maximum Gasteiger partial charge on any atom is 3.00 e. The van der Waals surface area contributed by atoms with E-state index >= 15 is 0 Å². The van der Waals surface area contributed by atoms with Crippen LogP contribution < -0.4 is 38.0 Å². The van der Waals surface area contributed by atoms with Gasteiger partial charge in [0.25, 0.3) is 0 Å². The molecule has 170 valence electrons. The van der Waals surface area contributed by atoms with Crippen LogP contribution in [0, 0.1) is 0 Å². The van der Waals surface area contributed by atoms with E-state index in [0.717, 1.165) is 47.2 Å². The second-order valence-corrected chi connectivity index (χ2v) is 2.90. The molecule has 0 bridgehead atoms. The number of rotatable bonds is 2. The molecular formula is C11H32Fe2N6O8. The van der Waals surface area contributed by atoms with Gasteiger partial charge in [0.2, 0.25) is 0 Å². The molecule has 0 aliphatic heterocycles. The summed E-state index contributed by atoms with van der Waals surface area (Å²) in [4.78, 5) is 35.6. The van der Waals surface area contributed by atoms with Gasteiger partial charge in [-0.25, -0.2) is 0 Å². The zero-order valence-corrected chi connectivity index (χ0v) is 18.2. The standard InChI is InChI=1S/C3H10N2.4C2H4O2.2Fe.H3N.3H2N/c4-2-1-3-5;4*1-2(3)4;;;;;;/h1-5H2;4*1H3,(H,3,4);;;1H3;3*1H2/q;;;;;2*+3;;3*-1/p-3. The fourth-order valence-electron chi connectivity index (χ4n) is 0.118. The molecule has 0 aliphatic carbocycles. The number of hydrogen-bond acceptors (Lipinski definition) is 10. The topological polar surface area (TPSA) is 350 Å². The Morgan fingerprint density at radius 3 is 0.667 bits per heavy atom. The molecule has 14 nitrogen and oxygen atoms in total. The van der Waals surface area contributed by atoms with E-state index in [9.17, 15) is 0 Å². The summed E-state index contributed by atoms with van der Waals surface area (Å²) in [7, 11) is 0. The Morgan fingerprint density at radius 1 is 0.593 bits per heavy atom. The predicted molar refractivity (Wildman–Crippen MR) is 87.3 cm³/mol. The van der Waals surface area contributed by atoms with Gasteiger partial charge in [-0.15, -0.1) is 0 Å². The Balaban J connectivity index is -0.0000000125. The number of quaternary nitrogens is 1. The molecule has 27 heavy (non-hydrogen) atoms. The van der Waals surface area contributed by atoms with Crippen LogP contribution in [-0.4, -0.2) is 37.0 Å². The van der Waals surface area contributed by atoms with Gasteiger partial charge in [0.15, 0.2) is 0 Å². The van der Waals surface area contributed by atoms with Crippen LogP contribution in [0.4, 0.5) is 0 Å². The van der Waals surface area contributed by atoms with Gasteiger partial charge in [-0.1, -0.05) is 0 Å². The minimum Gasteiger partial charge on any atom is -0.693 e. The van der Waals surface area contributed by atoms with Crippen molar-refractivity contribution in [1.29, 1.82) is 0 Å². The molecular weight excluding hydrogens is 456 g/mol. The number of carbonyl (C=O) groups is 4. The normalized spacial score (nSPS) is 5.26. The number of carboxylic acid groups (broad SMARTS) is 4. The molecule has 2 radical (unpaired) electrons. The molecule has 0 saturated heterocycles. The number of carboxylic acids is 4. The Labute approximate surface area is 181 Å². The van der Waals surface area contributed by atoms with E-state index < -0.39 is 23.9 Å². The van der Waals surface area contributed by atoms with Crippen molar-refractivity contribution in [1.82, 2.24) is 6.15 Å². The third-order valence-corrected chi connectivity index (χ3v) is 0.408. The van der Waals surface area contributed by atoms with Crippen molar-refractivity contribution < 1.29 is 73.7 Å². The average Bonchev–Trinajstić information content (AvgIpc) is 2.14. The fourth-order valence-corrected chi connectivity index (χ4v) is 0.118. The third-order valence-electron chi connectivity index (χ3n) is 0.408. The molecule has 0 amide bonds. The second-order valence-electron chi connectivity index (χ2n) is 2.90. The minimum atomic E-state index is -1.08. The summed E-state index contributed by atoms with van der Waals surface area (Å²) >= 11 is 0. The molecule has 0 saturated carbocycles. The van der Waals surface area contributed by atoms with E-state index in [0.29, 0.717) is 0 Å². The van der Waals surface area contributed by atoms with Crippen molar-refractivity contribution in [2.45, 2.75) is 34.1 Å². The van der Waals surface area contributed by atoms with Crippen LogP contribution >= 0.6 is 0 Å². The molecule has 0 heterocycles. The summed E-state index contributed by atoms with van der Waals surface area (Å²) < 4.78 is 0. The van der Waals surface area contributed by atoms with Crippen molar-refractivity contribution in [3.63, 3.8) is 0 Å². The zero-order chi connectivity index (χ0) is 18.4. The first-order chi connectivity index (χ1) is 9.34. The van der Waals surface area contributed by atoms with Gasteiger partial charge < -0.3 is 75.7 Å². The van der Waals surface area contributed by atoms with E-state index in [1.807, 2.05) is 0 Å². The van der Waals surface area contributed by atoms with E-state index in [4.69, 9.17) is 51.1 Å². The van der Waals surface area contributed by atoms with Crippen LogP contribution in [0.1, 0.15) is 34.1 Å². The van der Waals surface area contributed by atoms with Gasteiger partial charge >= 0.3 is 34.1 Å². The van der Waals surface area contributed by atoms with Crippen molar-refractivity contribution in [2.75, 3.05) is 13.1 Å². The van der Waals surface area contributed by atoms with Crippen LogP contribution in [0.15, 0.2) is 0 Å². The quantitative estimate of drug-likeness (QED) is 0.327. The van der Waals surface area contributed by atoms with E-state index in [-0.39, 0.29) is 58.7 Å². The van der Waals surface area contributed by atoms with E-state index in [1.165, 1.54) is 0 Å².